The molecule has 0 aromatic heterocycles. The number of carbonyl (C=O) groups excluding carboxylic acids is 2. The quantitative estimate of drug-likeness (QED) is 0.696. The molecule has 7 heteroatoms. The van der Waals surface area contributed by atoms with E-state index in [1.165, 1.54) is 0 Å². The van der Waals surface area contributed by atoms with Gasteiger partial charge in [-0.05, 0) is 41.8 Å². The van der Waals surface area contributed by atoms with Crippen molar-refractivity contribution in [3.05, 3.63) is 63.6 Å². The predicted molar refractivity (Wildman–Crippen MR) is 112 cm³/mol. The zero-order valence-electron chi connectivity index (χ0n) is 16.2. The molecule has 2 aromatic rings. The standard InChI is InChI=1S/C21H24Cl2N2O3/c1-4-19(21(27)24-2)25(13-14-8-10-15(28-3)11-9-14)20(26)12-16-17(22)6-5-7-18(16)23/h5-11,19H,4,12-13H2,1-3H3,(H,24,27)/t19-/m1/s1. The number of carbonyl (C=O) groups is 2. The molecule has 0 aliphatic heterocycles. The van der Waals surface area contributed by atoms with Gasteiger partial charge in [0.05, 0.1) is 13.5 Å². The van der Waals surface area contributed by atoms with Crippen molar-refractivity contribution in [2.75, 3.05) is 14.2 Å². The summed E-state index contributed by atoms with van der Waals surface area (Å²) in [5.41, 5.74) is 1.45. The van der Waals surface area contributed by atoms with Crippen LogP contribution in [0.3, 0.4) is 0 Å². The number of rotatable bonds is 8. The second-order valence-electron chi connectivity index (χ2n) is 6.29. The van der Waals surface area contributed by atoms with Crippen LogP contribution in [0, 0.1) is 0 Å². The second-order valence-corrected chi connectivity index (χ2v) is 7.10. The molecule has 0 radical (unpaired) electrons. The fraction of sp³-hybridized carbons (Fsp3) is 0.333. The molecular formula is C21H24Cl2N2O3. The van der Waals surface area contributed by atoms with Crippen molar-refractivity contribution in [3.8, 4) is 5.75 Å². The fourth-order valence-corrected chi connectivity index (χ4v) is 3.50. The van der Waals surface area contributed by atoms with Crippen molar-refractivity contribution in [2.45, 2.75) is 32.4 Å². The Labute approximate surface area is 175 Å². The number of halogens is 2. The van der Waals surface area contributed by atoms with E-state index in [0.717, 1.165) is 11.3 Å². The van der Waals surface area contributed by atoms with E-state index in [0.29, 0.717) is 22.0 Å². The Bertz CT molecular complexity index is 805. The van der Waals surface area contributed by atoms with E-state index in [9.17, 15) is 9.59 Å². The summed E-state index contributed by atoms with van der Waals surface area (Å²) in [5, 5.41) is 3.49. The number of hydrogen-bond donors (Lipinski definition) is 1. The molecule has 1 N–H and O–H groups in total. The van der Waals surface area contributed by atoms with E-state index in [-0.39, 0.29) is 24.8 Å². The summed E-state index contributed by atoms with van der Waals surface area (Å²) in [6.45, 7) is 2.16. The second kappa shape index (κ2) is 10.3. The Morgan fingerprint density at radius 3 is 2.21 bits per heavy atom. The van der Waals surface area contributed by atoms with Crippen LogP contribution in [0.15, 0.2) is 42.5 Å². The third-order valence-corrected chi connectivity index (χ3v) is 5.24. The number of nitrogens with one attached hydrogen (secondary N) is 1. The number of ether oxygens (including phenoxy) is 1. The van der Waals surface area contributed by atoms with Gasteiger partial charge in [0.2, 0.25) is 11.8 Å². The summed E-state index contributed by atoms with van der Waals surface area (Å²) >= 11 is 12.5. The zero-order valence-corrected chi connectivity index (χ0v) is 17.7. The van der Waals surface area contributed by atoms with Crippen LogP contribution >= 0.6 is 23.2 Å². The highest BCUT2D eigenvalue weighted by atomic mass is 35.5. The molecule has 2 rings (SSSR count). The molecule has 0 spiro atoms. The Hall–Kier alpha value is -2.24. The molecule has 0 heterocycles. The topological polar surface area (TPSA) is 58.6 Å². The first-order chi connectivity index (χ1) is 13.4. The molecule has 0 aliphatic rings. The van der Waals surface area contributed by atoms with Crippen LogP contribution in [0.25, 0.3) is 0 Å². The van der Waals surface area contributed by atoms with Gasteiger partial charge in [-0.25, -0.2) is 0 Å². The lowest BCUT2D eigenvalue weighted by Crippen LogP contribution is -2.48. The number of methoxy groups -OCH3 is 1. The average molecular weight is 423 g/mol. The highest BCUT2D eigenvalue weighted by Gasteiger charge is 2.28. The van der Waals surface area contributed by atoms with Crippen molar-refractivity contribution in [3.63, 3.8) is 0 Å². The molecule has 28 heavy (non-hydrogen) atoms. The van der Waals surface area contributed by atoms with Gasteiger partial charge in [0.25, 0.3) is 0 Å². The number of benzene rings is 2. The first-order valence-electron chi connectivity index (χ1n) is 8.98. The molecule has 0 aliphatic carbocycles. The third kappa shape index (κ3) is 5.40. The molecular weight excluding hydrogens is 399 g/mol. The summed E-state index contributed by atoms with van der Waals surface area (Å²) in [7, 11) is 3.16. The van der Waals surface area contributed by atoms with Gasteiger partial charge in [-0.15, -0.1) is 0 Å². The fourth-order valence-electron chi connectivity index (χ4n) is 2.97. The van der Waals surface area contributed by atoms with Crippen LogP contribution in [0.5, 0.6) is 5.75 Å². The lowest BCUT2D eigenvalue weighted by molar-refractivity contribution is -0.140. The van der Waals surface area contributed by atoms with Crippen LogP contribution in [-0.4, -0.2) is 36.9 Å². The molecule has 150 valence electrons. The molecule has 0 fully saturated rings. The largest absolute Gasteiger partial charge is 0.497 e. The lowest BCUT2D eigenvalue weighted by atomic mass is 10.1. The number of likely N-dealkylation sites (N-methyl/N-ethyl adjacent to an activating group) is 1. The van der Waals surface area contributed by atoms with Gasteiger partial charge >= 0.3 is 0 Å². The van der Waals surface area contributed by atoms with Gasteiger partial charge < -0.3 is 15.0 Å². The molecule has 0 unspecified atom stereocenters. The van der Waals surface area contributed by atoms with Crippen LogP contribution in [-0.2, 0) is 22.6 Å². The number of nitrogens with zero attached hydrogens (tertiary/aromatic N) is 1. The normalized spacial score (nSPS) is 11.6. The predicted octanol–water partition coefficient (Wildman–Crippen LogP) is 4.10. The number of amides is 2. The third-order valence-electron chi connectivity index (χ3n) is 4.53. The van der Waals surface area contributed by atoms with E-state index >= 15 is 0 Å². The van der Waals surface area contributed by atoms with Crippen LogP contribution in [0.4, 0.5) is 0 Å². The maximum atomic E-state index is 13.2. The van der Waals surface area contributed by atoms with Crippen molar-refractivity contribution >= 4 is 35.0 Å². The maximum absolute atomic E-state index is 13.2. The Balaban J connectivity index is 2.33. The van der Waals surface area contributed by atoms with Gasteiger partial charge in [0, 0.05) is 23.6 Å². The first kappa shape index (κ1) is 22.1. The van der Waals surface area contributed by atoms with Crippen molar-refractivity contribution in [2.24, 2.45) is 0 Å². The zero-order chi connectivity index (χ0) is 20.7. The monoisotopic (exact) mass is 422 g/mol. The van der Waals surface area contributed by atoms with Gasteiger partial charge in [0.15, 0.2) is 0 Å². The summed E-state index contributed by atoms with van der Waals surface area (Å²) in [5.74, 6) is 0.290. The minimum Gasteiger partial charge on any atom is -0.497 e. The van der Waals surface area contributed by atoms with Crippen molar-refractivity contribution in [1.82, 2.24) is 10.2 Å². The van der Waals surface area contributed by atoms with Crippen molar-refractivity contribution < 1.29 is 14.3 Å². The minimum atomic E-state index is -0.596. The molecule has 0 bridgehead atoms. The van der Waals surface area contributed by atoms with Gasteiger partial charge in [-0.2, -0.15) is 0 Å². The lowest BCUT2D eigenvalue weighted by Gasteiger charge is -2.30. The van der Waals surface area contributed by atoms with E-state index in [2.05, 4.69) is 5.32 Å². The Kier molecular flexibility index (Phi) is 8.15. The molecule has 2 aromatic carbocycles. The molecule has 2 amide bonds. The van der Waals surface area contributed by atoms with Crippen molar-refractivity contribution in [1.29, 1.82) is 0 Å². The molecule has 5 nitrogen and oxygen atoms in total. The highest BCUT2D eigenvalue weighted by Crippen LogP contribution is 2.26. The minimum absolute atomic E-state index is 0.0160. The summed E-state index contributed by atoms with van der Waals surface area (Å²) in [6, 6.07) is 11.9. The van der Waals surface area contributed by atoms with E-state index in [1.807, 2.05) is 31.2 Å². The summed E-state index contributed by atoms with van der Waals surface area (Å²) < 4.78 is 5.18. The smallest absolute Gasteiger partial charge is 0.242 e. The van der Waals surface area contributed by atoms with Crippen LogP contribution < -0.4 is 10.1 Å². The molecule has 1 atom stereocenters. The average Bonchev–Trinajstić information content (AvgIpc) is 2.70. The van der Waals surface area contributed by atoms with E-state index in [1.54, 1.807) is 37.3 Å². The summed E-state index contributed by atoms with van der Waals surface area (Å²) in [4.78, 5) is 27.1. The van der Waals surface area contributed by atoms with Gasteiger partial charge in [0.1, 0.15) is 11.8 Å². The Morgan fingerprint density at radius 2 is 1.71 bits per heavy atom. The maximum Gasteiger partial charge on any atom is 0.242 e. The Morgan fingerprint density at radius 1 is 1.11 bits per heavy atom. The van der Waals surface area contributed by atoms with Crippen LogP contribution in [0.1, 0.15) is 24.5 Å². The van der Waals surface area contributed by atoms with Crippen LogP contribution in [0.2, 0.25) is 10.0 Å². The SMILES string of the molecule is CC[C@H](C(=O)NC)N(Cc1ccc(OC)cc1)C(=O)Cc1c(Cl)cccc1Cl. The summed E-state index contributed by atoms with van der Waals surface area (Å²) in [6.07, 6.45) is 0.500. The van der Waals surface area contributed by atoms with E-state index in [4.69, 9.17) is 27.9 Å². The highest BCUT2D eigenvalue weighted by molar-refractivity contribution is 6.36. The first-order valence-corrected chi connectivity index (χ1v) is 9.73. The molecule has 0 saturated heterocycles. The number of hydrogen-bond acceptors (Lipinski definition) is 3. The van der Waals surface area contributed by atoms with Gasteiger partial charge in [-0.3, -0.25) is 9.59 Å². The van der Waals surface area contributed by atoms with E-state index < -0.39 is 6.04 Å². The molecule has 0 saturated carbocycles. The van der Waals surface area contributed by atoms with Gasteiger partial charge in [-0.1, -0.05) is 48.3 Å².